The molecular weight excluding hydrogens is 328 g/mol. The number of hydrogen-bond acceptors (Lipinski definition) is 4. The number of ether oxygens (including phenoxy) is 1. The Labute approximate surface area is 145 Å². The molecule has 7 heteroatoms. The lowest BCUT2D eigenvalue weighted by atomic mass is 10.2. The summed E-state index contributed by atoms with van der Waals surface area (Å²) in [6.45, 7) is 9.21. The van der Waals surface area contributed by atoms with Crippen LogP contribution >= 0.6 is 0 Å². The maximum atomic E-state index is 12.6. The topological polar surface area (TPSA) is 75.7 Å². The summed E-state index contributed by atoms with van der Waals surface area (Å²) in [4.78, 5) is 12.0. The first-order chi connectivity index (χ1) is 11.0. The smallest absolute Gasteiger partial charge is 0.407 e. The highest BCUT2D eigenvalue weighted by molar-refractivity contribution is 7.89. The molecule has 0 aromatic heterocycles. The van der Waals surface area contributed by atoms with Crippen molar-refractivity contribution in [3.05, 3.63) is 29.8 Å². The molecule has 136 valence electrons. The van der Waals surface area contributed by atoms with E-state index in [-0.39, 0.29) is 17.5 Å². The van der Waals surface area contributed by atoms with Crippen LogP contribution in [0.1, 0.15) is 40.2 Å². The molecule has 24 heavy (non-hydrogen) atoms. The maximum absolute atomic E-state index is 12.6. The Hall–Kier alpha value is -1.60. The first-order valence-corrected chi connectivity index (χ1v) is 9.44. The first-order valence-electron chi connectivity index (χ1n) is 8.00. The van der Waals surface area contributed by atoms with Gasteiger partial charge in [0.05, 0.1) is 4.90 Å². The number of sulfonamides is 1. The zero-order valence-corrected chi connectivity index (χ0v) is 16.1. The lowest BCUT2D eigenvalue weighted by Crippen LogP contribution is -2.44. The Balaban J connectivity index is 2.70. The highest BCUT2D eigenvalue weighted by atomic mass is 32.2. The minimum Gasteiger partial charge on any atom is -0.444 e. The van der Waals surface area contributed by atoms with E-state index in [0.29, 0.717) is 0 Å². The van der Waals surface area contributed by atoms with Crippen LogP contribution < -0.4 is 5.32 Å². The van der Waals surface area contributed by atoms with E-state index in [1.807, 2.05) is 19.1 Å². The van der Waals surface area contributed by atoms with E-state index in [2.05, 4.69) is 5.32 Å². The Morgan fingerprint density at radius 1 is 1.25 bits per heavy atom. The molecule has 0 saturated carbocycles. The van der Waals surface area contributed by atoms with Crippen LogP contribution in [0.3, 0.4) is 0 Å². The molecule has 0 fully saturated rings. The second kappa shape index (κ2) is 7.98. The zero-order chi connectivity index (χ0) is 18.5. The molecule has 0 aliphatic rings. The summed E-state index contributed by atoms with van der Waals surface area (Å²) in [5, 5.41) is 2.64. The number of carbonyl (C=O) groups is 1. The van der Waals surface area contributed by atoms with Gasteiger partial charge in [-0.2, -0.15) is 4.31 Å². The number of benzene rings is 1. The summed E-state index contributed by atoms with van der Waals surface area (Å²) in [7, 11) is -2.09. The Morgan fingerprint density at radius 2 is 1.79 bits per heavy atom. The van der Waals surface area contributed by atoms with Gasteiger partial charge in [0.15, 0.2) is 0 Å². The first kappa shape index (κ1) is 20.4. The Morgan fingerprint density at radius 3 is 2.25 bits per heavy atom. The van der Waals surface area contributed by atoms with Gasteiger partial charge in [0.2, 0.25) is 10.0 Å². The maximum Gasteiger partial charge on any atom is 0.407 e. The molecule has 0 radical (unpaired) electrons. The molecule has 6 nitrogen and oxygen atoms in total. The summed E-state index contributed by atoms with van der Waals surface area (Å²) >= 11 is 0. The molecule has 0 heterocycles. The number of carbonyl (C=O) groups excluding carboxylic acids is 1. The van der Waals surface area contributed by atoms with Crippen molar-refractivity contribution in [3.63, 3.8) is 0 Å². The van der Waals surface area contributed by atoms with Gasteiger partial charge >= 0.3 is 6.09 Å². The normalized spacial score (nSPS) is 13.6. The van der Waals surface area contributed by atoms with Crippen molar-refractivity contribution >= 4 is 16.1 Å². The number of aryl methyl sites for hydroxylation is 1. The van der Waals surface area contributed by atoms with E-state index in [0.717, 1.165) is 12.0 Å². The summed E-state index contributed by atoms with van der Waals surface area (Å²) in [6.07, 6.45) is 0.292. The second-order valence-electron chi connectivity index (χ2n) is 6.83. The second-order valence-corrected chi connectivity index (χ2v) is 8.88. The van der Waals surface area contributed by atoms with E-state index in [1.54, 1.807) is 39.8 Å². The Bertz CT molecular complexity index is 648. The number of nitrogens with zero attached hydrogens (tertiary/aromatic N) is 1. The quantitative estimate of drug-likeness (QED) is 0.850. The van der Waals surface area contributed by atoms with Crippen LogP contribution in [-0.2, 0) is 21.2 Å². The molecule has 1 N–H and O–H groups in total. The van der Waals surface area contributed by atoms with Crippen LogP contribution in [0.2, 0.25) is 0 Å². The van der Waals surface area contributed by atoms with Gasteiger partial charge in [-0.1, -0.05) is 19.1 Å². The van der Waals surface area contributed by atoms with Crippen LogP contribution in [0.25, 0.3) is 0 Å². The molecule has 1 amide bonds. The van der Waals surface area contributed by atoms with E-state index in [4.69, 9.17) is 4.74 Å². The van der Waals surface area contributed by atoms with Gasteiger partial charge in [-0.15, -0.1) is 0 Å². The van der Waals surface area contributed by atoms with Crippen LogP contribution in [-0.4, -0.2) is 44.1 Å². The fourth-order valence-electron chi connectivity index (χ4n) is 2.12. The highest BCUT2D eigenvalue weighted by Crippen LogP contribution is 2.16. The third kappa shape index (κ3) is 6.13. The van der Waals surface area contributed by atoms with Crippen molar-refractivity contribution in [1.29, 1.82) is 0 Å². The molecular formula is C17H28N2O4S. The molecule has 0 aliphatic carbocycles. The van der Waals surface area contributed by atoms with Crippen molar-refractivity contribution < 1.29 is 17.9 Å². The zero-order valence-electron chi connectivity index (χ0n) is 15.3. The van der Waals surface area contributed by atoms with Crippen LogP contribution in [0.5, 0.6) is 0 Å². The largest absolute Gasteiger partial charge is 0.444 e. The van der Waals surface area contributed by atoms with E-state index >= 15 is 0 Å². The van der Waals surface area contributed by atoms with Crippen molar-refractivity contribution in [2.45, 2.75) is 57.6 Å². The number of hydrogen-bond donors (Lipinski definition) is 1. The summed E-state index contributed by atoms with van der Waals surface area (Å²) < 4.78 is 31.5. The van der Waals surface area contributed by atoms with E-state index in [1.165, 1.54) is 11.4 Å². The van der Waals surface area contributed by atoms with Gasteiger partial charge in [0.25, 0.3) is 0 Å². The number of alkyl carbamates (subject to hydrolysis) is 1. The Kier molecular flexibility index (Phi) is 6.80. The molecule has 0 bridgehead atoms. The van der Waals surface area contributed by atoms with Crippen molar-refractivity contribution in [2.24, 2.45) is 0 Å². The third-order valence-electron chi connectivity index (χ3n) is 3.33. The molecule has 0 aliphatic heterocycles. The minimum absolute atomic E-state index is 0.150. The lowest BCUT2D eigenvalue weighted by molar-refractivity contribution is 0.0504. The summed E-state index contributed by atoms with van der Waals surface area (Å²) in [5.41, 5.74) is 0.486. The number of nitrogens with one attached hydrogen (secondary N) is 1. The fraction of sp³-hybridized carbons (Fsp3) is 0.588. The minimum atomic E-state index is -3.59. The lowest BCUT2D eigenvalue weighted by Gasteiger charge is -2.24. The average molecular weight is 356 g/mol. The predicted octanol–water partition coefficient (Wildman–Crippen LogP) is 2.78. The van der Waals surface area contributed by atoms with Gasteiger partial charge in [-0.25, -0.2) is 13.2 Å². The SMILES string of the molecule is CCc1ccc(S(=O)(=O)N(C)C[C@H](C)NC(=O)OC(C)(C)C)cc1. The van der Waals surface area contributed by atoms with Crippen molar-refractivity contribution in [1.82, 2.24) is 9.62 Å². The number of rotatable bonds is 6. The fourth-order valence-corrected chi connectivity index (χ4v) is 3.38. The van der Waals surface area contributed by atoms with E-state index < -0.39 is 21.7 Å². The highest BCUT2D eigenvalue weighted by Gasteiger charge is 2.24. The van der Waals surface area contributed by atoms with Crippen molar-refractivity contribution in [2.75, 3.05) is 13.6 Å². The number of likely N-dealkylation sites (N-methyl/N-ethyl adjacent to an activating group) is 1. The van der Waals surface area contributed by atoms with Gasteiger partial charge in [0, 0.05) is 19.6 Å². The van der Waals surface area contributed by atoms with Crippen LogP contribution in [0, 0.1) is 0 Å². The molecule has 0 unspecified atom stereocenters. The predicted molar refractivity (Wildman–Crippen MR) is 94.5 cm³/mol. The molecule has 1 aromatic carbocycles. The molecule has 1 aromatic rings. The number of amides is 1. The van der Waals surface area contributed by atoms with Gasteiger partial charge in [0.1, 0.15) is 5.60 Å². The molecule has 1 atom stereocenters. The summed E-state index contributed by atoms with van der Waals surface area (Å²) in [6, 6.07) is 6.45. The molecule has 0 saturated heterocycles. The van der Waals surface area contributed by atoms with Gasteiger partial charge in [-0.3, -0.25) is 0 Å². The standard InChI is InChI=1S/C17H28N2O4S/c1-7-14-8-10-15(11-9-14)24(21,22)19(6)12-13(2)18-16(20)23-17(3,4)5/h8-11,13H,7,12H2,1-6H3,(H,18,20)/t13-/m0/s1. The summed E-state index contributed by atoms with van der Waals surface area (Å²) in [5.74, 6) is 0. The average Bonchev–Trinajstić information content (AvgIpc) is 2.44. The van der Waals surface area contributed by atoms with Crippen LogP contribution in [0.15, 0.2) is 29.2 Å². The van der Waals surface area contributed by atoms with E-state index in [9.17, 15) is 13.2 Å². The van der Waals surface area contributed by atoms with Gasteiger partial charge in [-0.05, 0) is 51.8 Å². The monoisotopic (exact) mass is 356 g/mol. The van der Waals surface area contributed by atoms with Gasteiger partial charge < -0.3 is 10.1 Å². The van der Waals surface area contributed by atoms with Crippen molar-refractivity contribution in [3.8, 4) is 0 Å². The third-order valence-corrected chi connectivity index (χ3v) is 5.17. The molecule has 0 spiro atoms. The molecule has 1 rings (SSSR count). The van der Waals surface area contributed by atoms with Crippen LogP contribution in [0.4, 0.5) is 4.79 Å².